The fourth-order valence-electron chi connectivity index (χ4n) is 3.13. The van der Waals surface area contributed by atoms with Gasteiger partial charge in [-0.2, -0.15) is 0 Å². The Balaban J connectivity index is 1.64. The summed E-state index contributed by atoms with van der Waals surface area (Å²) in [5.41, 5.74) is 3.04. The van der Waals surface area contributed by atoms with E-state index in [1.54, 1.807) is 6.07 Å². The van der Waals surface area contributed by atoms with Gasteiger partial charge in [-0.1, -0.05) is 23.8 Å². The number of hydrogen-bond acceptors (Lipinski definition) is 4. The Bertz CT molecular complexity index is 1230. The summed E-state index contributed by atoms with van der Waals surface area (Å²) in [6.07, 6.45) is 0. The molecule has 5 nitrogen and oxygen atoms in total. The Morgan fingerprint density at radius 3 is 2.53 bits per heavy atom. The average Bonchev–Trinajstić information content (AvgIpc) is 3.26. The summed E-state index contributed by atoms with van der Waals surface area (Å²) in [7, 11) is 3.84. The van der Waals surface area contributed by atoms with Crippen molar-refractivity contribution in [1.82, 2.24) is 14.9 Å². The van der Waals surface area contributed by atoms with Gasteiger partial charge >= 0.3 is 0 Å². The summed E-state index contributed by atoms with van der Waals surface area (Å²) in [5, 5.41) is 2.69. The van der Waals surface area contributed by atoms with E-state index in [0.717, 1.165) is 28.1 Å². The van der Waals surface area contributed by atoms with Crippen LogP contribution < -0.4 is 10.2 Å². The standard InChI is InChI=1S/C22H20F2N4OS/c1-13-4-8-16(9-5-13)28-21-18(26-22(28)27(2)3)11-19(30-21)20(29)25-12-14-6-7-15(23)10-17(14)24/h4-11H,12H2,1-3H3,(H,25,29). The van der Waals surface area contributed by atoms with E-state index in [-0.39, 0.29) is 18.0 Å². The molecule has 1 amide bonds. The molecule has 0 radical (unpaired) electrons. The molecular weight excluding hydrogens is 406 g/mol. The molecule has 30 heavy (non-hydrogen) atoms. The van der Waals surface area contributed by atoms with Crippen LogP contribution in [0.2, 0.25) is 0 Å². The number of aromatic nitrogens is 2. The molecule has 4 aromatic rings. The lowest BCUT2D eigenvalue weighted by molar-refractivity contribution is 0.0954. The van der Waals surface area contributed by atoms with Gasteiger partial charge in [-0.05, 0) is 31.2 Å². The number of aryl methyl sites for hydroxylation is 1. The molecule has 154 valence electrons. The highest BCUT2D eigenvalue weighted by molar-refractivity contribution is 7.20. The number of thiophene rings is 1. The maximum absolute atomic E-state index is 13.8. The van der Waals surface area contributed by atoms with Crippen LogP contribution in [-0.2, 0) is 6.54 Å². The number of fused-ring (bicyclic) bond motifs is 1. The maximum atomic E-state index is 13.8. The fraction of sp³-hybridized carbons (Fsp3) is 0.182. The van der Waals surface area contributed by atoms with E-state index >= 15 is 0 Å². The molecule has 8 heteroatoms. The van der Waals surface area contributed by atoms with Crippen LogP contribution in [0.1, 0.15) is 20.8 Å². The van der Waals surface area contributed by atoms with Crippen molar-refractivity contribution in [3.05, 3.63) is 76.2 Å². The zero-order valence-corrected chi connectivity index (χ0v) is 17.6. The van der Waals surface area contributed by atoms with E-state index in [2.05, 4.69) is 10.3 Å². The number of nitrogens with one attached hydrogen (secondary N) is 1. The molecule has 0 aliphatic carbocycles. The third kappa shape index (κ3) is 3.78. The number of nitrogens with zero attached hydrogens (tertiary/aromatic N) is 3. The second-order valence-electron chi connectivity index (χ2n) is 7.20. The summed E-state index contributed by atoms with van der Waals surface area (Å²) < 4.78 is 28.9. The van der Waals surface area contributed by atoms with Gasteiger partial charge < -0.3 is 10.2 Å². The highest BCUT2D eigenvalue weighted by atomic mass is 32.1. The molecule has 2 aromatic heterocycles. The molecule has 4 rings (SSSR count). The van der Waals surface area contributed by atoms with Crippen LogP contribution in [-0.4, -0.2) is 29.6 Å². The van der Waals surface area contributed by atoms with Crippen molar-refractivity contribution in [2.24, 2.45) is 0 Å². The lowest BCUT2D eigenvalue weighted by Gasteiger charge is -2.15. The van der Waals surface area contributed by atoms with Gasteiger partial charge in [0.05, 0.1) is 4.88 Å². The van der Waals surface area contributed by atoms with Crippen LogP contribution in [0.5, 0.6) is 0 Å². The summed E-state index contributed by atoms with van der Waals surface area (Å²) in [6, 6.07) is 13.1. The SMILES string of the molecule is Cc1ccc(-n2c(N(C)C)nc3cc(C(=O)NCc4ccc(F)cc4F)sc32)cc1. The molecule has 2 heterocycles. The summed E-state index contributed by atoms with van der Waals surface area (Å²) >= 11 is 1.32. The number of anilines is 1. The van der Waals surface area contributed by atoms with E-state index in [4.69, 9.17) is 0 Å². The smallest absolute Gasteiger partial charge is 0.261 e. The van der Waals surface area contributed by atoms with Crippen LogP contribution in [0.4, 0.5) is 14.7 Å². The summed E-state index contributed by atoms with van der Waals surface area (Å²) in [6.45, 7) is 2.00. The van der Waals surface area contributed by atoms with Gasteiger partial charge in [0.1, 0.15) is 22.0 Å². The van der Waals surface area contributed by atoms with E-state index in [1.165, 1.54) is 23.5 Å². The van der Waals surface area contributed by atoms with Gasteiger partial charge in [0, 0.05) is 38.0 Å². The summed E-state index contributed by atoms with van der Waals surface area (Å²) in [4.78, 5) is 20.5. The van der Waals surface area contributed by atoms with Crippen molar-refractivity contribution in [3.63, 3.8) is 0 Å². The highest BCUT2D eigenvalue weighted by Crippen LogP contribution is 2.32. The number of benzene rings is 2. The minimum Gasteiger partial charge on any atom is -0.348 e. The van der Waals surface area contributed by atoms with Crippen LogP contribution in [0.3, 0.4) is 0 Å². The third-order valence-electron chi connectivity index (χ3n) is 4.69. The Labute approximate surface area is 176 Å². The van der Waals surface area contributed by atoms with Crippen molar-refractivity contribution in [2.75, 3.05) is 19.0 Å². The summed E-state index contributed by atoms with van der Waals surface area (Å²) in [5.74, 6) is -0.901. The molecule has 0 spiro atoms. The molecule has 1 N–H and O–H groups in total. The Kier molecular flexibility index (Phi) is 5.26. The lowest BCUT2D eigenvalue weighted by Crippen LogP contribution is -2.22. The molecule has 0 bridgehead atoms. The van der Waals surface area contributed by atoms with Crippen molar-refractivity contribution >= 4 is 33.5 Å². The largest absolute Gasteiger partial charge is 0.348 e. The highest BCUT2D eigenvalue weighted by Gasteiger charge is 2.20. The van der Waals surface area contributed by atoms with Crippen LogP contribution in [0.15, 0.2) is 48.5 Å². The van der Waals surface area contributed by atoms with Crippen molar-refractivity contribution in [2.45, 2.75) is 13.5 Å². The monoisotopic (exact) mass is 426 g/mol. The first kappa shape index (κ1) is 20.0. The van der Waals surface area contributed by atoms with Crippen LogP contribution in [0.25, 0.3) is 16.0 Å². The predicted octanol–water partition coefficient (Wildman–Crippen LogP) is 4.67. The lowest BCUT2D eigenvalue weighted by atomic mass is 10.2. The number of hydrogen-bond donors (Lipinski definition) is 1. The minimum atomic E-state index is -0.685. The third-order valence-corrected chi connectivity index (χ3v) is 5.80. The zero-order chi connectivity index (χ0) is 21.4. The van der Waals surface area contributed by atoms with Gasteiger partial charge in [0.25, 0.3) is 5.91 Å². The first-order valence-corrected chi connectivity index (χ1v) is 10.1. The Hall–Kier alpha value is -3.26. The first-order chi connectivity index (χ1) is 14.3. The predicted molar refractivity (Wildman–Crippen MR) is 116 cm³/mol. The molecule has 0 unspecified atom stereocenters. The second kappa shape index (κ2) is 7.87. The van der Waals surface area contributed by atoms with E-state index in [0.29, 0.717) is 10.4 Å². The number of carbonyl (C=O) groups excluding carboxylic acids is 1. The quantitative estimate of drug-likeness (QED) is 0.505. The van der Waals surface area contributed by atoms with Gasteiger partial charge in [-0.3, -0.25) is 9.36 Å². The maximum Gasteiger partial charge on any atom is 0.261 e. The van der Waals surface area contributed by atoms with Crippen molar-refractivity contribution in [1.29, 1.82) is 0 Å². The molecule has 0 aliphatic heterocycles. The van der Waals surface area contributed by atoms with Crippen molar-refractivity contribution < 1.29 is 13.6 Å². The van der Waals surface area contributed by atoms with Crippen LogP contribution in [0, 0.1) is 18.6 Å². The van der Waals surface area contributed by atoms with E-state index in [1.807, 2.05) is 54.8 Å². The molecule has 0 fully saturated rings. The van der Waals surface area contributed by atoms with Gasteiger partial charge in [-0.15, -0.1) is 11.3 Å². The molecule has 0 aliphatic rings. The number of rotatable bonds is 5. The molecule has 0 atom stereocenters. The number of halogens is 2. The van der Waals surface area contributed by atoms with Gasteiger partial charge in [0.2, 0.25) is 5.95 Å². The van der Waals surface area contributed by atoms with E-state index in [9.17, 15) is 13.6 Å². The molecular formula is C22H20F2N4OS. The number of carbonyl (C=O) groups is 1. The first-order valence-electron chi connectivity index (χ1n) is 9.32. The zero-order valence-electron chi connectivity index (χ0n) is 16.7. The van der Waals surface area contributed by atoms with Gasteiger partial charge in [0.15, 0.2) is 0 Å². The fourth-order valence-corrected chi connectivity index (χ4v) is 4.16. The Morgan fingerprint density at radius 2 is 1.87 bits per heavy atom. The normalized spacial score (nSPS) is 11.1. The topological polar surface area (TPSA) is 50.2 Å². The second-order valence-corrected chi connectivity index (χ2v) is 8.23. The average molecular weight is 426 g/mol. The molecule has 0 saturated heterocycles. The number of imidazole rings is 1. The Morgan fingerprint density at radius 1 is 1.13 bits per heavy atom. The molecule has 2 aromatic carbocycles. The minimum absolute atomic E-state index is 0.0264. The molecule has 0 saturated carbocycles. The van der Waals surface area contributed by atoms with Crippen LogP contribution >= 0.6 is 11.3 Å². The van der Waals surface area contributed by atoms with Crippen molar-refractivity contribution in [3.8, 4) is 5.69 Å². The van der Waals surface area contributed by atoms with E-state index < -0.39 is 11.6 Å². The number of amides is 1. The van der Waals surface area contributed by atoms with Gasteiger partial charge in [-0.25, -0.2) is 13.8 Å².